The lowest BCUT2D eigenvalue weighted by molar-refractivity contribution is 0.594. The predicted molar refractivity (Wildman–Crippen MR) is 91.9 cm³/mol. The number of halogens is 2. The van der Waals surface area contributed by atoms with Gasteiger partial charge in [-0.25, -0.2) is 8.42 Å². The van der Waals surface area contributed by atoms with Crippen LogP contribution in [0.15, 0.2) is 58.2 Å². The van der Waals surface area contributed by atoms with E-state index in [1.165, 1.54) is 18.2 Å². The standard InChI is InChI=1S/C16H11Cl2NO3S/c17-12-6-5-11(13(18)8-12)9-23(21,22)15-7-10-3-1-2-4-14(10)19-16(15)20/h1-8H,9H2,(H,19,20). The van der Waals surface area contributed by atoms with Crippen molar-refractivity contribution in [3.05, 3.63) is 74.5 Å². The van der Waals surface area contributed by atoms with E-state index in [4.69, 9.17) is 23.2 Å². The Morgan fingerprint density at radius 1 is 1.00 bits per heavy atom. The van der Waals surface area contributed by atoms with Crippen LogP contribution in [0.3, 0.4) is 0 Å². The quantitative estimate of drug-likeness (QED) is 0.765. The van der Waals surface area contributed by atoms with Gasteiger partial charge in [-0.1, -0.05) is 47.5 Å². The number of fused-ring (bicyclic) bond motifs is 1. The van der Waals surface area contributed by atoms with E-state index < -0.39 is 15.4 Å². The van der Waals surface area contributed by atoms with Crippen molar-refractivity contribution in [1.82, 2.24) is 4.98 Å². The van der Waals surface area contributed by atoms with E-state index in [1.807, 2.05) is 0 Å². The summed E-state index contributed by atoms with van der Waals surface area (Å²) >= 11 is 11.8. The minimum absolute atomic E-state index is 0.248. The van der Waals surface area contributed by atoms with Crippen molar-refractivity contribution in [2.45, 2.75) is 10.6 Å². The van der Waals surface area contributed by atoms with Gasteiger partial charge in [0.1, 0.15) is 4.90 Å². The Hall–Kier alpha value is -1.82. The van der Waals surface area contributed by atoms with Crippen LogP contribution in [0.5, 0.6) is 0 Å². The summed E-state index contributed by atoms with van der Waals surface area (Å²) in [5.74, 6) is -0.371. The van der Waals surface area contributed by atoms with E-state index in [-0.39, 0.29) is 15.7 Å². The Labute approximate surface area is 142 Å². The lowest BCUT2D eigenvalue weighted by atomic mass is 10.2. The first-order valence-electron chi connectivity index (χ1n) is 6.65. The summed E-state index contributed by atoms with van der Waals surface area (Å²) in [7, 11) is -3.84. The molecule has 3 rings (SSSR count). The zero-order valence-corrected chi connectivity index (χ0v) is 14.0. The van der Waals surface area contributed by atoms with E-state index in [0.717, 1.165) is 0 Å². The van der Waals surface area contributed by atoms with Crippen LogP contribution in [0.4, 0.5) is 0 Å². The van der Waals surface area contributed by atoms with Crippen molar-refractivity contribution in [1.29, 1.82) is 0 Å². The van der Waals surface area contributed by atoms with Gasteiger partial charge >= 0.3 is 0 Å². The maximum Gasteiger partial charge on any atom is 0.267 e. The number of aromatic amines is 1. The monoisotopic (exact) mass is 367 g/mol. The normalized spacial score (nSPS) is 11.7. The Kier molecular flexibility index (Phi) is 4.19. The number of sulfone groups is 1. The molecule has 118 valence electrons. The molecule has 0 saturated carbocycles. The first kappa shape index (κ1) is 16.1. The first-order chi connectivity index (χ1) is 10.9. The van der Waals surface area contributed by atoms with Crippen LogP contribution < -0.4 is 5.56 Å². The molecule has 0 aliphatic heterocycles. The largest absolute Gasteiger partial charge is 0.321 e. The molecule has 0 fully saturated rings. The number of hydrogen-bond acceptors (Lipinski definition) is 3. The van der Waals surface area contributed by atoms with Crippen molar-refractivity contribution >= 4 is 43.9 Å². The van der Waals surface area contributed by atoms with E-state index >= 15 is 0 Å². The molecule has 7 heteroatoms. The second-order valence-electron chi connectivity index (χ2n) is 5.04. The van der Waals surface area contributed by atoms with Crippen molar-refractivity contribution in [3.8, 4) is 0 Å². The average molecular weight is 368 g/mol. The van der Waals surface area contributed by atoms with Gasteiger partial charge in [0.2, 0.25) is 0 Å². The third kappa shape index (κ3) is 3.27. The molecule has 0 bridgehead atoms. The molecule has 0 aliphatic carbocycles. The third-order valence-electron chi connectivity index (χ3n) is 3.42. The fourth-order valence-electron chi connectivity index (χ4n) is 2.28. The maximum absolute atomic E-state index is 12.6. The summed E-state index contributed by atoms with van der Waals surface area (Å²) in [4.78, 5) is 14.4. The molecule has 3 aromatic rings. The summed E-state index contributed by atoms with van der Waals surface area (Å²) in [6.45, 7) is 0. The van der Waals surface area contributed by atoms with Gasteiger partial charge in [-0.05, 0) is 35.2 Å². The van der Waals surface area contributed by atoms with Crippen LogP contribution in [0, 0.1) is 0 Å². The summed E-state index contributed by atoms with van der Waals surface area (Å²) < 4.78 is 25.2. The number of nitrogens with one attached hydrogen (secondary N) is 1. The number of hydrogen-bond donors (Lipinski definition) is 1. The molecule has 0 amide bonds. The number of aromatic nitrogens is 1. The molecule has 0 unspecified atom stereocenters. The number of rotatable bonds is 3. The average Bonchev–Trinajstić information content (AvgIpc) is 2.49. The fourth-order valence-corrected chi connectivity index (χ4v) is 4.29. The molecule has 1 heterocycles. The van der Waals surface area contributed by atoms with Crippen molar-refractivity contribution in [2.24, 2.45) is 0 Å². The van der Waals surface area contributed by atoms with E-state index in [0.29, 0.717) is 21.5 Å². The van der Waals surface area contributed by atoms with Crippen molar-refractivity contribution in [3.63, 3.8) is 0 Å². The van der Waals surface area contributed by atoms with Gasteiger partial charge in [-0.3, -0.25) is 4.79 Å². The number of H-pyrrole nitrogens is 1. The second-order valence-corrected chi connectivity index (χ2v) is 7.85. The Bertz CT molecular complexity index is 1060. The fraction of sp³-hybridized carbons (Fsp3) is 0.0625. The molecule has 1 N–H and O–H groups in total. The Balaban J connectivity index is 2.09. The molecule has 2 aromatic carbocycles. The van der Waals surface area contributed by atoms with E-state index in [1.54, 1.807) is 30.3 Å². The van der Waals surface area contributed by atoms with Crippen LogP contribution >= 0.6 is 23.2 Å². The number of pyridine rings is 1. The summed E-state index contributed by atoms with van der Waals surface area (Å²) in [6.07, 6.45) is 0. The maximum atomic E-state index is 12.6. The minimum Gasteiger partial charge on any atom is -0.321 e. The van der Waals surface area contributed by atoms with Crippen molar-refractivity contribution in [2.75, 3.05) is 0 Å². The van der Waals surface area contributed by atoms with Crippen LogP contribution in [0.2, 0.25) is 10.0 Å². The summed E-state index contributed by atoms with van der Waals surface area (Å²) in [6, 6.07) is 12.9. The topological polar surface area (TPSA) is 67.0 Å². The SMILES string of the molecule is O=c1[nH]c2ccccc2cc1S(=O)(=O)Cc1ccc(Cl)cc1Cl. The second kappa shape index (κ2) is 6.00. The summed E-state index contributed by atoms with van der Waals surface area (Å²) in [5, 5.41) is 1.31. The molecule has 0 radical (unpaired) electrons. The van der Waals surface area contributed by atoms with Crippen LogP contribution in [-0.2, 0) is 15.6 Å². The van der Waals surface area contributed by atoms with Crippen LogP contribution in [-0.4, -0.2) is 13.4 Å². The highest BCUT2D eigenvalue weighted by Gasteiger charge is 2.21. The third-order valence-corrected chi connectivity index (χ3v) is 5.67. The minimum atomic E-state index is -3.84. The molecule has 23 heavy (non-hydrogen) atoms. The van der Waals surface area contributed by atoms with E-state index in [2.05, 4.69) is 4.98 Å². The molecule has 1 aromatic heterocycles. The van der Waals surface area contributed by atoms with Gasteiger partial charge in [-0.2, -0.15) is 0 Å². The Morgan fingerprint density at radius 3 is 2.48 bits per heavy atom. The molecule has 0 saturated heterocycles. The molecule has 0 spiro atoms. The van der Waals surface area contributed by atoms with Gasteiger partial charge in [0, 0.05) is 15.6 Å². The Morgan fingerprint density at radius 2 is 1.74 bits per heavy atom. The van der Waals surface area contributed by atoms with Gasteiger partial charge in [0.25, 0.3) is 5.56 Å². The van der Waals surface area contributed by atoms with E-state index in [9.17, 15) is 13.2 Å². The highest BCUT2D eigenvalue weighted by atomic mass is 35.5. The molecule has 4 nitrogen and oxygen atoms in total. The highest BCUT2D eigenvalue weighted by molar-refractivity contribution is 7.90. The lowest BCUT2D eigenvalue weighted by Gasteiger charge is -2.07. The highest BCUT2D eigenvalue weighted by Crippen LogP contribution is 2.25. The zero-order chi connectivity index (χ0) is 16.6. The molecular weight excluding hydrogens is 357 g/mol. The predicted octanol–water partition coefficient (Wildman–Crippen LogP) is 3.81. The van der Waals surface area contributed by atoms with Gasteiger partial charge in [0.05, 0.1) is 5.75 Å². The molecule has 0 aliphatic rings. The zero-order valence-electron chi connectivity index (χ0n) is 11.7. The number of para-hydroxylation sites is 1. The van der Waals surface area contributed by atoms with Crippen molar-refractivity contribution < 1.29 is 8.42 Å². The summed E-state index contributed by atoms with van der Waals surface area (Å²) in [5.41, 5.74) is 0.332. The number of benzene rings is 2. The van der Waals surface area contributed by atoms with Gasteiger partial charge in [0.15, 0.2) is 9.84 Å². The molecular formula is C16H11Cl2NO3S. The van der Waals surface area contributed by atoms with Crippen LogP contribution in [0.1, 0.15) is 5.56 Å². The van der Waals surface area contributed by atoms with Gasteiger partial charge < -0.3 is 4.98 Å². The molecule has 0 atom stereocenters. The van der Waals surface area contributed by atoms with Crippen LogP contribution in [0.25, 0.3) is 10.9 Å². The van der Waals surface area contributed by atoms with Gasteiger partial charge in [-0.15, -0.1) is 0 Å². The first-order valence-corrected chi connectivity index (χ1v) is 9.06. The lowest BCUT2D eigenvalue weighted by Crippen LogP contribution is -2.19. The smallest absolute Gasteiger partial charge is 0.267 e.